The summed E-state index contributed by atoms with van der Waals surface area (Å²) >= 11 is 1.58. The first-order valence-corrected chi connectivity index (χ1v) is 7.81. The Morgan fingerprint density at radius 1 is 1.38 bits per heavy atom. The van der Waals surface area contributed by atoms with Crippen molar-refractivity contribution in [3.05, 3.63) is 45.1 Å². The molecule has 0 unspecified atom stereocenters. The van der Waals surface area contributed by atoms with Crippen LogP contribution >= 0.6 is 11.3 Å². The van der Waals surface area contributed by atoms with E-state index in [4.69, 9.17) is 0 Å². The number of thiophene rings is 1. The lowest BCUT2D eigenvalue weighted by Crippen LogP contribution is -2.27. The number of nitrogens with zero attached hydrogens (tertiary/aromatic N) is 4. The van der Waals surface area contributed by atoms with Crippen molar-refractivity contribution in [1.29, 1.82) is 0 Å². The van der Waals surface area contributed by atoms with E-state index in [9.17, 15) is 4.79 Å². The quantitative estimate of drug-likeness (QED) is 0.747. The molecule has 110 valence electrons. The van der Waals surface area contributed by atoms with Gasteiger partial charge in [-0.2, -0.15) is 5.10 Å². The standard InChI is InChI=1S/C15H18N4OS/c1-5-11(12-6-7-17-18(12)4)19-8-16-14-13(15(19)20)9(2)10(3)21-14/h6-8,11H,5H2,1-4H3/t11-/m0/s1. The van der Waals surface area contributed by atoms with Gasteiger partial charge in [0.25, 0.3) is 5.56 Å². The van der Waals surface area contributed by atoms with Crippen molar-refractivity contribution in [3.63, 3.8) is 0 Å². The van der Waals surface area contributed by atoms with Crippen LogP contribution in [-0.2, 0) is 7.05 Å². The predicted molar refractivity (Wildman–Crippen MR) is 85.0 cm³/mol. The summed E-state index contributed by atoms with van der Waals surface area (Å²) < 4.78 is 3.55. The van der Waals surface area contributed by atoms with Gasteiger partial charge in [-0.25, -0.2) is 4.98 Å². The number of hydrogen-bond acceptors (Lipinski definition) is 4. The molecule has 0 amide bonds. The molecule has 6 heteroatoms. The zero-order chi connectivity index (χ0) is 15.1. The minimum Gasteiger partial charge on any atom is -0.289 e. The Bertz CT molecular complexity index is 858. The second-order valence-corrected chi connectivity index (χ2v) is 6.43. The molecule has 0 aromatic carbocycles. The Balaban J connectivity index is 2.25. The van der Waals surface area contributed by atoms with Crippen LogP contribution in [0.4, 0.5) is 0 Å². The van der Waals surface area contributed by atoms with Gasteiger partial charge in [-0.15, -0.1) is 11.3 Å². The number of hydrogen-bond donors (Lipinski definition) is 0. The summed E-state index contributed by atoms with van der Waals surface area (Å²) in [5, 5.41) is 4.96. The maximum atomic E-state index is 12.9. The van der Waals surface area contributed by atoms with E-state index in [1.165, 1.54) is 0 Å². The van der Waals surface area contributed by atoms with Gasteiger partial charge < -0.3 is 0 Å². The summed E-state index contributed by atoms with van der Waals surface area (Å²) in [4.78, 5) is 19.3. The largest absolute Gasteiger partial charge is 0.289 e. The Morgan fingerprint density at radius 3 is 2.76 bits per heavy atom. The van der Waals surface area contributed by atoms with Crippen molar-refractivity contribution in [2.24, 2.45) is 7.05 Å². The Hall–Kier alpha value is -1.95. The van der Waals surface area contributed by atoms with Crippen LogP contribution in [0, 0.1) is 13.8 Å². The van der Waals surface area contributed by atoms with Gasteiger partial charge in [-0.05, 0) is 31.9 Å². The first kappa shape index (κ1) is 14.0. The lowest BCUT2D eigenvalue weighted by Gasteiger charge is -2.18. The molecular formula is C15H18N4OS. The topological polar surface area (TPSA) is 52.7 Å². The van der Waals surface area contributed by atoms with Gasteiger partial charge in [0, 0.05) is 18.1 Å². The summed E-state index contributed by atoms with van der Waals surface area (Å²) in [5.74, 6) is 0. The molecule has 3 aromatic rings. The van der Waals surface area contributed by atoms with E-state index < -0.39 is 0 Å². The average Bonchev–Trinajstić information content (AvgIpc) is 2.99. The Kier molecular flexibility index (Phi) is 3.41. The number of fused-ring (bicyclic) bond motifs is 1. The molecule has 0 aliphatic carbocycles. The fraction of sp³-hybridized carbons (Fsp3) is 0.400. The third-order valence-electron chi connectivity index (χ3n) is 4.04. The molecule has 0 spiro atoms. The van der Waals surface area contributed by atoms with Gasteiger partial charge in [0.15, 0.2) is 0 Å². The molecule has 21 heavy (non-hydrogen) atoms. The predicted octanol–water partition coefficient (Wildman–Crippen LogP) is 2.81. The van der Waals surface area contributed by atoms with E-state index >= 15 is 0 Å². The molecule has 3 heterocycles. The molecular weight excluding hydrogens is 284 g/mol. The zero-order valence-corrected chi connectivity index (χ0v) is 13.4. The molecule has 0 radical (unpaired) electrons. The van der Waals surface area contributed by atoms with Crippen LogP contribution < -0.4 is 5.56 Å². The lowest BCUT2D eigenvalue weighted by molar-refractivity contribution is 0.502. The van der Waals surface area contributed by atoms with E-state index in [1.807, 2.05) is 31.6 Å². The zero-order valence-electron chi connectivity index (χ0n) is 12.6. The monoisotopic (exact) mass is 302 g/mol. The van der Waals surface area contributed by atoms with Gasteiger partial charge in [0.2, 0.25) is 0 Å². The maximum Gasteiger partial charge on any atom is 0.262 e. The van der Waals surface area contributed by atoms with Crippen molar-refractivity contribution in [2.75, 3.05) is 0 Å². The molecule has 0 aliphatic heterocycles. The van der Waals surface area contributed by atoms with Crippen molar-refractivity contribution in [2.45, 2.75) is 33.2 Å². The molecule has 1 atom stereocenters. The summed E-state index contributed by atoms with van der Waals surface area (Å²) in [7, 11) is 1.90. The summed E-state index contributed by atoms with van der Waals surface area (Å²) in [5.41, 5.74) is 2.10. The molecule has 0 fully saturated rings. The van der Waals surface area contributed by atoms with Crippen molar-refractivity contribution < 1.29 is 0 Å². The molecule has 3 aromatic heterocycles. The lowest BCUT2D eigenvalue weighted by atomic mass is 10.1. The van der Waals surface area contributed by atoms with Crippen LogP contribution in [0.1, 0.15) is 35.5 Å². The van der Waals surface area contributed by atoms with Gasteiger partial charge in [0.1, 0.15) is 4.83 Å². The molecule has 0 saturated carbocycles. The van der Waals surface area contributed by atoms with Crippen molar-refractivity contribution >= 4 is 21.6 Å². The van der Waals surface area contributed by atoms with Crippen LogP contribution in [-0.4, -0.2) is 19.3 Å². The molecule has 0 bridgehead atoms. The minimum absolute atomic E-state index is 0.0369. The molecule has 0 aliphatic rings. The third-order valence-corrected chi connectivity index (χ3v) is 5.15. The molecule has 3 rings (SSSR count). The Morgan fingerprint density at radius 2 is 2.14 bits per heavy atom. The smallest absolute Gasteiger partial charge is 0.262 e. The van der Waals surface area contributed by atoms with E-state index in [1.54, 1.807) is 28.4 Å². The maximum absolute atomic E-state index is 12.9. The first-order valence-electron chi connectivity index (χ1n) is 6.99. The van der Waals surface area contributed by atoms with Crippen LogP contribution in [0.5, 0.6) is 0 Å². The second-order valence-electron chi connectivity index (χ2n) is 5.22. The van der Waals surface area contributed by atoms with Crippen molar-refractivity contribution in [3.8, 4) is 0 Å². The van der Waals surface area contributed by atoms with Crippen LogP contribution in [0.3, 0.4) is 0 Å². The fourth-order valence-corrected chi connectivity index (χ4v) is 3.72. The van der Waals surface area contributed by atoms with Gasteiger partial charge >= 0.3 is 0 Å². The van der Waals surface area contributed by atoms with Crippen LogP contribution in [0.2, 0.25) is 0 Å². The first-order chi connectivity index (χ1) is 10.0. The normalized spacial score (nSPS) is 13.0. The van der Waals surface area contributed by atoms with Gasteiger partial charge in [-0.3, -0.25) is 14.0 Å². The van der Waals surface area contributed by atoms with Gasteiger partial charge in [-0.1, -0.05) is 6.92 Å². The summed E-state index contributed by atoms with van der Waals surface area (Å²) in [6.07, 6.45) is 4.24. The fourth-order valence-electron chi connectivity index (χ4n) is 2.73. The Labute approximate surface area is 126 Å². The average molecular weight is 302 g/mol. The highest BCUT2D eigenvalue weighted by Gasteiger charge is 2.19. The highest BCUT2D eigenvalue weighted by molar-refractivity contribution is 7.18. The number of aryl methyl sites for hydroxylation is 3. The highest BCUT2D eigenvalue weighted by Crippen LogP contribution is 2.27. The molecule has 5 nitrogen and oxygen atoms in total. The number of rotatable bonds is 3. The highest BCUT2D eigenvalue weighted by atomic mass is 32.1. The minimum atomic E-state index is -0.0403. The van der Waals surface area contributed by atoms with Crippen LogP contribution in [0.25, 0.3) is 10.2 Å². The molecule has 0 N–H and O–H groups in total. The van der Waals surface area contributed by atoms with Crippen molar-refractivity contribution in [1.82, 2.24) is 19.3 Å². The van der Waals surface area contributed by atoms with Crippen LogP contribution in [0.15, 0.2) is 23.4 Å². The van der Waals surface area contributed by atoms with E-state index in [2.05, 4.69) is 17.0 Å². The molecule has 0 saturated heterocycles. The van der Waals surface area contributed by atoms with E-state index in [0.717, 1.165) is 32.8 Å². The van der Waals surface area contributed by atoms with E-state index in [0.29, 0.717) is 0 Å². The summed E-state index contributed by atoms with van der Waals surface area (Å²) in [6, 6.07) is 1.91. The second kappa shape index (κ2) is 5.11. The van der Waals surface area contributed by atoms with E-state index in [-0.39, 0.29) is 11.6 Å². The third kappa shape index (κ3) is 2.10. The van der Waals surface area contributed by atoms with Gasteiger partial charge in [0.05, 0.1) is 23.4 Å². The SMILES string of the molecule is CC[C@@H](c1ccnn1C)n1cnc2sc(C)c(C)c2c1=O. The number of aromatic nitrogens is 4. The summed E-state index contributed by atoms with van der Waals surface area (Å²) in [6.45, 7) is 6.09.